The molecule has 1 N–H and O–H groups in total. The molecule has 0 unspecified atom stereocenters. The molecule has 13 heavy (non-hydrogen) atoms. The minimum absolute atomic E-state index is 0.0226. The molecule has 0 radical (unpaired) electrons. The maximum Gasteiger partial charge on any atom is 0.158 e. The molecule has 0 fully saturated rings. The Bertz CT molecular complexity index is 125. The normalized spacial score (nSPS) is 10.3. The number of hydrogen-bond acceptors (Lipinski definition) is 4. The van der Waals surface area contributed by atoms with Gasteiger partial charge in [-0.3, -0.25) is 4.79 Å². The van der Waals surface area contributed by atoms with Crippen molar-refractivity contribution in [1.82, 2.24) is 0 Å². The third-order valence-corrected chi connectivity index (χ3v) is 1.40. The highest BCUT2D eigenvalue weighted by molar-refractivity contribution is 5.79. The van der Waals surface area contributed by atoms with E-state index in [9.17, 15) is 4.79 Å². The van der Waals surface area contributed by atoms with Crippen LogP contribution in [0.25, 0.3) is 0 Å². The van der Waals surface area contributed by atoms with E-state index >= 15 is 0 Å². The van der Waals surface area contributed by atoms with Gasteiger partial charge in [0.25, 0.3) is 0 Å². The molecule has 4 heteroatoms. The number of aliphatic hydroxyl groups is 1. The molecule has 0 saturated carbocycles. The van der Waals surface area contributed by atoms with E-state index in [4.69, 9.17) is 14.6 Å². The Balaban J connectivity index is 3.02. The van der Waals surface area contributed by atoms with Crippen molar-refractivity contribution >= 4 is 5.78 Å². The number of ketones is 1. The van der Waals surface area contributed by atoms with Crippen molar-refractivity contribution in [2.45, 2.75) is 19.8 Å². The predicted octanol–water partition coefficient (Wildman–Crippen LogP) is 0.381. The molecule has 0 spiro atoms. The van der Waals surface area contributed by atoms with Crippen LogP contribution in [0.15, 0.2) is 0 Å². The zero-order chi connectivity index (χ0) is 9.94. The molecule has 0 rings (SSSR count). The van der Waals surface area contributed by atoms with Crippen LogP contribution in [0.3, 0.4) is 0 Å². The molecule has 0 bridgehead atoms. The van der Waals surface area contributed by atoms with E-state index in [2.05, 4.69) is 0 Å². The molecular formula is C9H18O4. The number of carbonyl (C=O) groups excluding carboxylic acids is 1. The van der Waals surface area contributed by atoms with Crippen LogP contribution in [-0.4, -0.2) is 43.9 Å². The standard InChI is InChI=1S/C9H18O4/c1-2-3-9(11)8-13-7-6-12-5-4-10/h10H,2-8H2,1H3. The summed E-state index contributed by atoms with van der Waals surface area (Å²) in [5.41, 5.74) is 0. The van der Waals surface area contributed by atoms with E-state index in [1.54, 1.807) is 0 Å². The SMILES string of the molecule is CCCC(=O)COCCOCCO. The van der Waals surface area contributed by atoms with Gasteiger partial charge in [-0.25, -0.2) is 0 Å². The molecular weight excluding hydrogens is 172 g/mol. The van der Waals surface area contributed by atoms with E-state index in [1.807, 2.05) is 6.92 Å². The second-order valence-corrected chi connectivity index (χ2v) is 2.68. The van der Waals surface area contributed by atoms with Crippen molar-refractivity contribution in [3.05, 3.63) is 0 Å². The van der Waals surface area contributed by atoms with Crippen molar-refractivity contribution in [3.8, 4) is 0 Å². The fourth-order valence-electron chi connectivity index (χ4n) is 0.821. The zero-order valence-corrected chi connectivity index (χ0v) is 8.12. The van der Waals surface area contributed by atoms with Crippen molar-refractivity contribution in [2.75, 3.05) is 33.0 Å². The van der Waals surface area contributed by atoms with Gasteiger partial charge in [-0.05, 0) is 6.42 Å². The van der Waals surface area contributed by atoms with E-state index in [-0.39, 0.29) is 19.0 Å². The topological polar surface area (TPSA) is 55.8 Å². The third kappa shape index (κ3) is 9.46. The summed E-state index contributed by atoms with van der Waals surface area (Å²) in [7, 11) is 0. The highest BCUT2D eigenvalue weighted by Gasteiger charge is 1.99. The molecule has 0 aliphatic carbocycles. The van der Waals surface area contributed by atoms with E-state index < -0.39 is 0 Å². The van der Waals surface area contributed by atoms with Gasteiger partial charge in [-0.1, -0.05) is 6.92 Å². The molecule has 0 heterocycles. The van der Waals surface area contributed by atoms with Gasteiger partial charge in [-0.2, -0.15) is 0 Å². The first kappa shape index (κ1) is 12.6. The van der Waals surface area contributed by atoms with Crippen LogP contribution < -0.4 is 0 Å². The Hall–Kier alpha value is -0.450. The van der Waals surface area contributed by atoms with Gasteiger partial charge in [0.15, 0.2) is 5.78 Å². The number of carbonyl (C=O) groups is 1. The third-order valence-electron chi connectivity index (χ3n) is 1.40. The fraction of sp³-hybridized carbons (Fsp3) is 0.889. The maximum absolute atomic E-state index is 10.9. The Kier molecular flexibility index (Phi) is 9.30. The Morgan fingerprint density at radius 1 is 1.23 bits per heavy atom. The minimum atomic E-state index is 0.0226. The van der Waals surface area contributed by atoms with Crippen LogP contribution in [0.1, 0.15) is 19.8 Å². The van der Waals surface area contributed by atoms with Crippen molar-refractivity contribution in [3.63, 3.8) is 0 Å². The summed E-state index contributed by atoms with van der Waals surface area (Å²) >= 11 is 0. The van der Waals surface area contributed by atoms with Gasteiger partial charge in [0.2, 0.25) is 0 Å². The summed E-state index contributed by atoms with van der Waals surface area (Å²) in [6.07, 6.45) is 1.45. The molecule has 0 saturated heterocycles. The van der Waals surface area contributed by atoms with E-state index in [1.165, 1.54) is 0 Å². The van der Waals surface area contributed by atoms with Crippen LogP contribution in [0.5, 0.6) is 0 Å². The predicted molar refractivity (Wildman–Crippen MR) is 48.6 cm³/mol. The molecule has 4 nitrogen and oxygen atoms in total. The lowest BCUT2D eigenvalue weighted by molar-refractivity contribution is -0.124. The lowest BCUT2D eigenvalue weighted by Gasteiger charge is -2.03. The molecule has 0 atom stereocenters. The average molecular weight is 190 g/mol. The van der Waals surface area contributed by atoms with Gasteiger partial charge < -0.3 is 14.6 Å². The quantitative estimate of drug-likeness (QED) is 0.534. The Morgan fingerprint density at radius 3 is 2.54 bits per heavy atom. The molecule has 0 aromatic heterocycles. The van der Waals surface area contributed by atoms with Gasteiger partial charge in [0.1, 0.15) is 6.61 Å². The van der Waals surface area contributed by atoms with Crippen molar-refractivity contribution in [1.29, 1.82) is 0 Å². The van der Waals surface area contributed by atoms with Crippen molar-refractivity contribution in [2.24, 2.45) is 0 Å². The fourth-order valence-corrected chi connectivity index (χ4v) is 0.821. The molecule has 0 aromatic rings. The van der Waals surface area contributed by atoms with Gasteiger partial charge in [0.05, 0.1) is 26.4 Å². The molecule has 0 aliphatic heterocycles. The second-order valence-electron chi connectivity index (χ2n) is 2.68. The summed E-state index contributed by atoms with van der Waals surface area (Å²) < 4.78 is 9.98. The molecule has 0 aromatic carbocycles. The highest BCUT2D eigenvalue weighted by Crippen LogP contribution is 1.89. The lowest BCUT2D eigenvalue weighted by Crippen LogP contribution is -2.12. The number of Topliss-reactive ketones (excluding diaryl/α,β-unsaturated/α-hetero) is 1. The van der Waals surface area contributed by atoms with Crippen LogP contribution in [-0.2, 0) is 14.3 Å². The first-order valence-electron chi connectivity index (χ1n) is 4.59. The Morgan fingerprint density at radius 2 is 1.92 bits per heavy atom. The van der Waals surface area contributed by atoms with E-state index in [0.717, 1.165) is 6.42 Å². The van der Waals surface area contributed by atoms with Crippen LogP contribution in [0.2, 0.25) is 0 Å². The number of rotatable bonds is 9. The first-order chi connectivity index (χ1) is 6.31. The summed E-state index contributed by atoms with van der Waals surface area (Å²) in [4.78, 5) is 10.9. The summed E-state index contributed by atoms with van der Waals surface area (Å²) in [5, 5.41) is 8.36. The molecule has 78 valence electrons. The number of ether oxygens (including phenoxy) is 2. The number of aliphatic hydroxyl groups excluding tert-OH is 1. The highest BCUT2D eigenvalue weighted by atomic mass is 16.5. The lowest BCUT2D eigenvalue weighted by atomic mass is 10.2. The Labute approximate surface area is 78.8 Å². The summed E-state index contributed by atoms with van der Waals surface area (Å²) in [6, 6.07) is 0. The molecule has 0 amide bonds. The average Bonchev–Trinajstić information content (AvgIpc) is 2.11. The summed E-state index contributed by atoms with van der Waals surface area (Å²) in [6.45, 7) is 3.33. The smallest absolute Gasteiger partial charge is 0.158 e. The van der Waals surface area contributed by atoms with Crippen molar-refractivity contribution < 1.29 is 19.4 Å². The van der Waals surface area contributed by atoms with Gasteiger partial charge in [-0.15, -0.1) is 0 Å². The summed E-state index contributed by atoms with van der Waals surface area (Å²) in [5.74, 6) is 0.129. The second kappa shape index (κ2) is 9.64. The largest absolute Gasteiger partial charge is 0.394 e. The minimum Gasteiger partial charge on any atom is -0.394 e. The van der Waals surface area contributed by atoms with Crippen LogP contribution in [0, 0.1) is 0 Å². The number of hydrogen-bond donors (Lipinski definition) is 1. The van der Waals surface area contributed by atoms with Crippen LogP contribution >= 0.6 is 0 Å². The monoisotopic (exact) mass is 190 g/mol. The first-order valence-corrected chi connectivity index (χ1v) is 4.59. The van der Waals surface area contributed by atoms with E-state index in [0.29, 0.717) is 26.2 Å². The molecule has 0 aliphatic rings. The van der Waals surface area contributed by atoms with Gasteiger partial charge in [0, 0.05) is 6.42 Å². The zero-order valence-electron chi connectivity index (χ0n) is 8.12. The van der Waals surface area contributed by atoms with Crippen LogP contribution in [0.4, 0.5) is 0 Å². The van der Waals surface area contributed by atoms with Gasteiger partial charge >= 0.3 is 0 Å². The maximum atomic E-state index is 10.9.